The Hall–Kier alpha value is -2.01. The van der Waals surface area contributed by atoms with Crippen molar-refractivity contribution in [3.63, 3.8) is 0 Å². The molecule has 5 heteroatoms. The van der Waals surface area contributed by atoms with Gasteiger partial charge in [-0.05, 0) is 37.0 Å². The fraction of sp³-hybridized carbons (Fsp3) is 0.400. The van der Waals surface area contributed by atoms with Crippen molar-refractivity contribution < 1.29 is 9.90 Å². The van der Waals surface area contributed by atoms with Gasteiger partial charge in [0.2, 0.25) is 0 Å². The zero-order chi connectivity index (χ0) is 13.9. The number of H-pyrrole nitrogens is 1. The van der Waals surface area contributed by atoms with Gasteiger partial charge in [0.05, 0.1) is 18.7 Å². The molecule has 0 spiro atoms. The monoisotopic (exact) mass is 271 g/mol. The number of nitrogens with two attached hydrogens (primary N) is 1. The highest BCUT2D eigenvalue weighted by Gasteiger charge is 2.53. The molecule has 1 aromatic carbocycles. The number of fused-ring (bicyclic) bond motifs is 1. The van der Waals surface area contributed by atoms with Gasteiger partial charge in [0, 0.05) is 22.8 Å². The van der Waals surface area contributed by atoms with E-state index in [1.54, 1.807) is 17.2 Å². The molecule has 1 aliphatic carbocycles. The maximum Gasteiger partial charge on any atom is 0.256 e. The first-order valence-electron chi connectivity index (χ1n) is 6.95. The molecule has 1 saturated carbocycles. The zero-order valence-corrected chi connectivity index (χ0v) is 11.1. The zero-order valence-electron chi connectivity index (χ0n) is 11.1. The molecule has 1 aromatic heterocycles. The highest BCUT2D eigenvalue weighted by Crippen LogP contribution is 2.44. The minimum absolute atomic E-state index is 0.0219. The molecule has 0 unspecified atom stereocenters. The van der Waals surface area contributed by atoms with Crippen molar-refractivity contribution >= 4 is 22.5 Å². The Balaban J connectivity index is 1.59. The van der Waals surface area contributed by atoms with Crippen LogP contribution in [0.1, 0.15) is 23.2 Å². The van der Waals surface area contributed by atoms with E-state index >= 15 is 0 Å². The second kappa shape index (κ2) is 3.76. The molecule has 1 amide bonds. The number of carbonyl (C=O) groups excluding carboxylic acids is 1. The molecule has 104 valence electrons. The minimum atomic E-state index is -0.633. The van der Waals surface area contributed by atoms with E-state index in [4.69, 9.17) is 5.73 Å². The molecular weight excluding hydrogens is 254 g/mol. The van der Waals surface area contributed by atoms with E-state index in [0.717, 1.165) is 23.7 Å². The molecule has 0 radical (unpaired) electrons. The molecule has 2 aliphatic rings. The maximum absolute atomic E-state index is 12.5. The third kappa shape index (κ3) is 1.63. The molecule has 0 atom stereocenters. The maximum atomic E-state index is 12.5. The number of amides is 1. The van der Waals surface area contributed by atoms with Crippen LogP contribution in [0.5, 0.6) is 0 Å². The number of aliphatic hydroxyl groups is 1. The summed E-state index contributed by atoms with van der Waals surface area (Å²) in [5, 5.41) is 11.2. The Labute approximate surface area is 116 Å². The normalized spacial score (nSPS) is 20.9. The number of aromatic amines is 1. The lowest BCUT2D eigenvalue weighted by atomic mass is 9.88. The summed E-state index contributed by atoms with van der Waals surface area (Å²) in [6.07, 6.45) is 3.90. The number of β-amino-alcohol motifs (C(OH)–C–C–N with tert-alkyl or cyclic N) is 1. The van der Waals surface area contributed by atoms with Crippen molar-refractivity contribution in [2.75, 3.05) is 18.8 Å². The van der Waals surface area contributed by atoms with E-state index in [1.165, 1.54) is 0 Å². The van der Waals surface area contributed by atoms with Crippen LogP contribution < -0.4 is 5.73 Å². The van der Waals surface area contributed by atoms with Crippen LogP contribution in [0.2, 0.25) is 0 Å². The molecule has 20 heavy (non-hydrogen) atoms. The molecular formula is C15H17N3O2. The number of anilines is 1. The predicted molar refractivity (Wildman–Crippen MR) is 76.3 cm³/mol. The Morgan fingerprint density at radius 2 is 2.15 bits per heavy atom. The third-order valence-corrected chi connectivity index (χ3v) is 4.49. The van der Waals surface area contributed by atoms with E-state index < -0.39 is 5.60 Å². The average Bonchev–Trinajstić information content (AvgIpc) is 3.15. The van der Waals surface area contributed by atoms with Crippen LogP contribution in [0, 0.1) is 5.92 Å². The molecule has 5 nitrogen and oxygen atoms in total. The summed E-state index contributed by atoms with van der Waals surface area (Å²) >= 11 is 0. The first kappa shape index (κ1) is 11.8. The summed E-state index contributed by atoms with van der Waals surface area (Å²) in [5.41, 5.74) is 7.29. The smallest absolute Gasteiger partial charge is 0.256 e. The van der Waals surface area contributed by atoms with Crippen molar-refractivity contribution in [1.82, 2.24) is 9.88 Å². The van der Waals surface area contributed by atoms with Gasteiger partial charge >= 0.3 is 0 Å². The van der Waals surface area contributed by atoms with Crippen LogP contribution in [0.25, 0.3) is 10.9 Å². The Kier molecular flexibility index (Phi) is 2.22. The number of likely N-dealkylation sites (tertiary alicyclic amines) is 1. The van der Waals surface area contributed by atoms with Crippen molar-refractivity contribution in [3.8, 4) is 0 Å². The largest absolute Gasteiger partial charge is 0.399 e. The van der Waals surface area contributed by atoms with Crippen molar-refractivity contribution in [3.05, 3.63) is 30.0 Å². The van der Waals surface area contributed by atoms with Crippen LogP contribution in [0.3, 0.4) is 0 Å². The predicted octanol–water partition coefficient (Wildman–Crippen LogP) is 1.35. The van der Waals surface area contributed by atoms with Gasteiger partial charge in [-0.25, -0.2) is 0 Å². The quantitative estimate of drug-likeness (QED) is 0.721. The van der Waals surface area contributed by atoms with Crippen molar-refractivity contribution in [2.45, 2.75) is 18.4 Å². The summed E-state index contributed by atoms with van der Waals surface area (Å²) < 4.78 is 0. The summed E-state index contributed by atoms with van der Waals surface area (Å²) in [7, 11) is 0. The number of hydrogen-bond acceptors (Lipinski definition) is 3. The van der Waals surface area contributed by atoms with Crippen LogP contribution in [0.15, 0.2) is 24.4 Å². The first-order valence-corrected chi connectivity index (χ1v) is 6.95. The van der Waals surface area contributed by atoms with E-state index in [2.05, 4.69) is 4.98 Å². The van der Waals surface area contributed by atoms with E-state index in [9.17, 15) is 9.90 Å². The van der Waals surface area contributed by atoms with Gasteiger partial charge in [-0.1, -0.05) is 0 Å². The Morgan fingerprint density at radius 1 is 1.40 bits per heavy atom. The van der Waals surface area contributed by atoms with Gasteiger partial charge in [-0.3, -0.25) is 4.79 Å². The van der Waals surface area contributed by atoms with Crippen molar-refractivity contribution in [2.24, 2.45) is 5.92 Å². The van der Waals surface area contributed by atoms with Gasteiger partial charge in [0.25, 0.3) is 5.91 Å². The first-order chi connectivity index (χ1) is 9.57. The summed E-state index contributed by atoms with van der Waals surface area (Å²) in [4.78, 5) is 17.3. The molecule has 0 bridgehead atoms. The number of hydrogen-bond donors (Lipinski definition) is 3. The van der Waals surface area contributed by atoms with Crippen molar-refractivity contribution in [1.29, 1.82) is 0 Å². The lowest BCUT2D eigenvalue weighted by Crippen LogP contribution is -2.64. The fourth-order valence-corrected chi connectivity index (χ4v) is 3.13. The third-order valence-electron chi connectivity index (χ3n) is 4.49. The molecule has 2 heterocycles. The van der Waals surface area contributed by atoms with Gasteiger partial charge in [0.1, 0.15) is 5.60 Å². The lowest BCUT2D eigenvalue weighted by molar-refractivity contribution is -0.0957. The molecule has 1 aliphatic heterocycles. The molecule has 4 rings (SSSR count). The number of aromatic nitrogens is 1. The average molecular weight is 271 g/mol. The van der Waals surface area contributed by atoms with Gasteiger partial charge in [-0.2, -0.15) is 0 Å². The Morgan fingerprint density at radius 3 is 2.85 bits per heavy atom. The number of nitrogens with one attached hydrogen (secondary N) is 1. The Bertz CT molecular complexity index is 696. The number of nitrogens with zero attached hydrogens (tertiary/aromatic N) is 1. The van der Waals surface area contributed by atoms with Gasteiger partial charge in [-0.15, -0.1) is 0 Å². The van der Waals surface area contributed by atoms with Crippen LogP contribution in [0.4, 0.5) is 5.69 Å². The fourth-order valence-electron chi connectivity index (χ4n) is 3.13. The van der Waals surface area contributed by atoms with Gasteiger partial charge in [0.15, 0.2) is 0 Å². The van der Waals surface area contributed by atoms with Crippen LogP contribution in [-0.4, -0.2) is 39.6 Å². The highest BCUT2D eigenvalue weighted by molar-refractivity contribution is 6.07. The molecule has 4 N–H and O–H groups in total. The second-order valence-corrected chi connectivity index (χ2v) is 6.05. The SMILES string of the molecule is Nc1ccc2c(C(=O)N3CC(O)(C4CC4)C3)c[nH]c2c1. The van der Waals surface area contributed by atoms with Crippen LogP contribution in [-0.2, 0) is 0 Å². The second-order valence-electron chi connectivity index (χ2n) is 6.05. The topological polar surface area (TPSA) is 82.3 Å². The summed E-state index contributed by atoms with van der Waals surface area (Å²) in [6.45, 7) is 0.913. The highest BCUT2D eigenvalue weighted by atomic mass is 16.3. The number of carbonyl (C=O) groups is 1. The van der Waals surface area contributed by atoms with E-state index in [0.29, 0.717) is 30.3 Å². The minimum Gasteiger partial charge on any atom is -0.399 e. The standard InChI is InChI=1S/C15H17N3O2/c16-10-3-4-11-12(6-17-13(11)5-10)14(19)18-7-15(20,8-18)9-1-2-9/h3-6,9,17,20H,1-2,7-8,16H2. The van der Waals surface area contributed by atoms with E-state index in [1.807, 2.05) is 12.1 Å². The number of nitrogen functional groups attached to an aromatic ring is 1. The van der Waals surface area contributed by atoms with E-state index in [-0.39, 0.29) is 5.91 Å². The summed E-state index contributed by atoms with van der Waals surface area (Å²) in [5.74, 6) is 0.376. The molecule has 2 aromatic rings. The number of benzene rings is 1. The number of rotatable bonds is 2. The summed E-state index contributed by atoms with van der Waals surface area (Å²) in [6, 6.07) is 5.48. The lowest BCUT2D eigenvalue weighted by Gasteiger charge is -2.46. The molecule has 2 fully saturated rings. The van der Waals surface area contributed by atoms with Crippen LogP contribution >= 0.6 is 0 Å². The van der Waals surface area contributed by atoms with Gasteiger partial charge < -0.3 is 20.7 Å². The molecule has 1 saturated heterocycles.